The van der Waals surface area contributed by atoms with Crippen LogP contribution >= 0.6 is 0 Å². The Bertz CT molecular complexity index is 202. The lowest BCUT2D eigenvalue weighted by Gasteiger charge is -2.34. The molecule has 0 aromatic rings. The summed E-state index contributed by atoms with van der Waals surface area (Å²) in [6.07, 6.45) is 3.45. The van der Waals surface area contributed by atoms with Gasteiger partial charge in [-0.15, -0.1) is 0 Å². The zero-order valence-electron chi connectivity index (χ0n) is 7.78. The van der Waals surface area contributed by atoms with Gasteiger partial charge in [-0.2, -0.15) is 0 Å². The largest absolute Gasteiger partial charge is 0.391 e. The summed E-state index contributed by atoms with van der Waals surface area (Å²) in [5.41, 5.74) is 0. The highest BCUT2D eigenvalue weighted by molar-refractivity contribution is 5.78. The fourth-order valence-electron chi connectivity index (χ4n) is 2.06. The Morgan fingerprint density at radius 2 is 1.92 bits per heavy atom. The number of aliphatic hydroxyl groups is 1. The van der Waals surface area contributed by atoms with Crippen molar-refractivity contribution in [1.29, 1.82) is 0 Å². The van der Waals surface area contributed by atoms with Crippen molar-refractivity contribution < 1.29 is 9.90 Å². The molecule has 0 aromatic carbocycles. The SMILES string of the molecule is O=C1CC(O)CN1N1CCCCC1. The van der Waals surface area contributed by atoms with Gasteiger partial charge in [0.2, 0.25) is 5.91 Å². The number of nitrogens with zero attached hydrogens (tertiary/aromatic N) is 2. The van der Waals surface area contributed by atoms with Crippen LogP contribution < -0.4 is 0 Å². The summed E-state index contributed by atoms with van der Waals surface area (Å²) in [7, 11) is 0. The van der Waals surface area contributed by atoms with E-state index in [0.29, 0.717) is 13.0 Å². The third-order valence-corrected chi connectivity index (χ3v) is 2.76. The molecule has 2 saturated heterocycles. The molecule has 2 aliphatic rings. The Morgan fingerprint density at radius 1 is 1.23 bits per heavy atom. The zero-order valence-corrected chi connectivity index (χ0v) is 7.78. The summed E-state index contributed by atoms with van der Waals surface area (Å²) in [4.78, 5) is 11.4. The normalized spacial score (nSPS) is 31.3. The van der Waals surface area contributed by atoms with E-state index in [1.807, 2.05) is 0 Å². The second-order valence-electron chi connectivity index (χ2n) is 3.85. The molecule has 2 aliphatic heterocycles. The molecule has 0 radical (unpaired) electrons. The third kappa shape index (κ3) is 1.84. The van der Waals surface area contributed by atoms with E-state index in [1.165, 1.54) is 19.3 Å². The molecule has 0 aliphatic carbocycles. The fourth-order valence-corrected chi connectivity index (χ4v) is 2.06. The zero-order chi connectivity index (χ0) is 9.26. The van der Waals surface area contributed by atoms with Gasteiger partial charge in [0.1, 0.15) is 0 Å². The number of carbonyl (C=O) groups is 1. The van der Waals surface area contributed by atoms with Gasteiger partial charge < -0.3 is 5.11 Å². The van der Waals surface area contributed by atoms with Crippen LogP contribution in [0, 0.1) is 0 Å². The number of hydrazine groups is 1. The number of β-amino-alcohol motifs (C(OH)–C–C–N with tert-alkyl or cyclic N) is 1. The molecule has 1 atom stereocenters. The van der Waals surface area contributed by atoms with Crippen molar-refractivity contribution in [2.24, 2.45) is 0 Å². The molecule has 0 bridgehead atoms. The molecule has 1 N–H and O–H groups in total. The Hall–Kier alpha value is -0.610. The van der Waals surface area contributed by atoms with E-state index < -0.39 is 6.10 Å². The smallest absolute Gasteiger partial charge is 0.239 e. The molecule has 2 heterocycles. The number of hydrogen-bond acceptors (Lipinski definition) is 3. The average Bonchev–Trinajstić information content (AvgIpc) is 2.47. The Labute approximate surface area is 78.1 Å². The van der Waals surface area contributed by atoms with Crippen LogP contribution in [0.15, 0.2) is 0 Å². The van der Waals surface area contributed by atoms with Crippen molar-refractivity contribution in [3.63, 3.8) is 0 Å². The Balaban J connectivity index is 1.95. The maximum atomic E-state index is 11.4. The maximum absolute atomic E-state index is 11.4. The van der Waals surface area contributed by atoms with Crippen LogP contribution in [0.3, 0.4) is 0 Å². The van der Waals surface area contributed by atoms with Gasteiger partial charge in [-0.25, -0.2) is 5.01 Å². The average molecular weight is 184 g/mol. The first-order valence-electron chi connectivity index (χ1n) is 5.00. The first-order chi connectivity index (χ1) is 6.27. The topological polar surface area (TPSA) is 43.8 Å². The second kappa shape index (κ2) is 3.64. The number of piperidine rings is 1. The van der Waals surface area contributed by atoms with Crippen molar-refractivity contribution in [2.45, 2.75) is 31.8 Å². The van der Waals surface area contributed by atoms with E-state index in [4.69, 9.17) is 0 Å². The van der Waals surface area contributed by atoms with E-state index in [1.54, 1.807) is 5.01 Å². The van der Waals surface area contributed by atoms with Crippen molar-refractivity contribution >= 4 is 5.91 Å². The lowest BCUT2D eigenvalue weighted by Crippen LogP contribution is -2.46. The van der Waals surface area contributed by atoms with Gasteiger partial charge in [-0.3, -0.25) is 9.80 Å². The predicted octanol–water partition coefficient (Wildman–Crippen LogP) is -0.0195. The van der Waals surface area contributed by atoms with Gasteiger partial charge >= 0.3 is 0 Å². The molecule has 74 valence electrons. The highest BCUT2D eigenvalue weighted by atomic mass is 16.3. The Morgan fingerprint density at radius 3 is 2.46 bits per heavy atom. The molecule has 1 amide bonds. The van der Waals surface area contributed by atoms with Crippen LogP contribution in [0.4, 0.5) is 0 Å². The monoisotopic (exact) mass is 184 g/mol. The van der Waals surface area contributed by atoms with Crippen molar-refractivity contribution in [2.75, 3.05) is 19.6 Å². The van der Waals surface area contributed by atoms with Crippen LogP contribution in [-0.2, 0) is 4.79 Å². The molecule has 2 rings (SSSR count). The first-order valence-corrected chi connectivity index (χ1v) is 5.00. The number of carbonyl (C=O) groups excluding carboxylic acids is 1. The fraction of sp³-hybridized carbons (Fsp3) is 0.889. The summed E-state index contributed by atoms with van der Waals surface area (Å²) >= 11 is 0. The summed E-state index contributed by atoms with van der Waals surface area (Å²) in [6.45, 7) is 2.44. The van der Waals surface area contributed by atoms with E-state index in [0.717, 1.165) is 13.1 Å². The quantitative estimate of drug-likeness (QED) is 0.623. The second-order valence-corrected chi connectivity index (χ2v) is 3.85. The summed E-state index contributed by atoms with van der Waals surface area (Å²) < 4.78 is 0. The molecular weight excluding hydrogens is 168 g/mol. The lowest BCUT2D eigenvalue weighted by molar-refractivity contribution is -0.144. The molecule has 0 spiro atoms. The van der Waals surface area contributed by atoms with Crippen molar-refractivity contribution in [3.8, 4) is 0 Å². The first kappa shape index (κ1) is 8.97. The van der Waals surface area contributed by atoms with Crippen molar-refractivity contribution in [1.82, 2.24) is 10.0 Å². The van der Waals surface area contributed by atoms with E-state index in [-0.39, 0.29) is 5.91 Å². The van der Waals surface area contributed by atoms with E-state index in [9.17, 15) is 9.90 Å². The minimum absolute atomic E-state index is 0.0781. The van der Waals surface area contributed by atoms with Gasteiger partial charge in [0.15, 0.2) is 0 Å². The number of hydrogen-bond donors (Lipinski definition) is 1. The van der Waals surface area contributed by atoms with Gasteiger partial charge in [-0.05, 0) is 12.8 Å². The summed E-state index contributed by atoms with van der Waals surface area (Å²) in [5.74, 6) is 0.0781. The molecule has 0 saturated carbocycles. The summed E-state index contributed by atoms with van der Waals surface area (Å²) in [6, 6.07) is 0. The highest BCUT2D eigenvalue weighted by Crippen LogP contribution is 2.18. The molecule has 4 heteroatoms. The van der Waals surface area contributed by atoms with Crippen LogP contribution in [0.2, 0.25) is 0 Å². The van der Waals surface area contributed by atoms with Crippen LogP contribution in [0.1, 0.15) is 25.7 Å². The van der Waals surface area contributed by atoms with Crippen molar-refractivity contribution in [3.05, 3.63) is 0 Å². The van der Waals surface area contributed by atoms with Crippen LogP contribution in [0.5, 0.6) is 0 Å². The standard InChI is InChI=1S/C9H16N2O2/c12-8-6-9(13)11(7-8)10-4-2-1-3-5-10/h8,12H,1-7H2. The third-order valence-electron chi connectivity index (χ3n) is 2.76. The highest BCUT2D eigenvalue weighted by Gasteiger charge is 2.32. The van der Waals surface area contributed by atoms with Gasteiger partial charge in [0.05, 0.1) is 19.1 Å². The van der Waals surface area contributed by atoms with E-state index >= 15 is 0 Å². The summed E-state index contributed by atoms with van der Waals surface area (Å²) in [5, 5.41) is 13.1. The maximum Gasteiger partial charge on any atom is 0.239 e. The Kier molecular flexibility index (Phi) is 2.51. The number of amides is 1. The molecular formula is C9H16N2O2. The molecule has 1 unspecified atom stereocenters. The minimum Gasteiger partial charge on any atom is -0.391 e. The predicted molar refractivity (Wildman–Crippen MR) is 47.8 cm³/mol. The minimum atomic E-state index is -0.450. The molecule has 13 heavy (non-hydrogen) atoms. The van der Waals surface area contributed by atoms with Gasteiger partial charge in [-0.1, -0.05) is 6.42 Å². The van der Waals surface area contributed by atoms with Crippen LogP contribution in [0.25, 0.3) is 0 Å². The van der Waals surface area contributed by atoms with E-state index in [2.05, 4.69) is 5.01 Å². The van der Waals surface area contributed by atoms with Crippen LogP contribution in [-0.4, -0.2) is 46.8 Å². The number of rotatable bonds is 1. The lowest BCUT2D eigenvalue weighted by atomic mass is 10.2. The number of aliphatic hydroxyl groups excluding tert-OH is 1. The molecule has 0 aromatic heterocycles. The van der Waals surface area contributed by atoms with Gasteiger partial charge in [0.25, 0.3) is 0 Å². The molecule has 2 fully saturated rings. The molecule has 4 nitrogen and oxygen atoms in total. The van der Waals surface area contributed by atoms with Gasteiger partial charge in [0, 0.05) is 13.1 Å².